The molecule has 1 rings (SSSR count). The quantitative estimate of drug-likeness (QED) is 0.317. The molecule has 0 saturated heterocycles. The Morgan fingerprint density at radius 3 is 2.71 bits per heavy atom. The molecule has 0 aliphatic carbocycles. The molecule has 0 fully saturated rings. The van der Waals surface area contributed by atoms with Crippen LogP contribution in [0.15, 0.2) is 28.4 Å². The summed E-state index contributed by atoms with van der Waals surface area (Å²) < 4.78 is 11.1. The number of guanidine groups is 1. The molecule has 0 saturated carbocycles. The highest BCUT2D eigenvalue weighted by atomic mass is 16.5. The maximum Gasteiger partial charge on any atom is 0.211 e. The van der Waals surface area contributed by atoms with E-state index in [4.69, 9.17) is 20.9 Å². The second-order valence-electron chi connectivity index (χ2n) is 4.65. The van der Waals surface area contributed by atoms with Gasteiger partial charge in [0.2, 0.25) is 5.96 Å². The summed E-state index contributed by atoms with van der Waals surface area (Å²) in [6, 6.07) is 5.54. The van der Waals surface area contributed by atoms with Crippen LogP contribution in [-0.4, -0.2) is 51.4 Å². The molecule has 0 bridgehead atoms. The summed E-state index contributed by atoms with van der Waals surface area (Å²) in [6.45, 7) is 1.54. The number of ether oxygens (including phenoxy) is 2. The van der Waals surface area contributed by atoms with Gasteiger partial charge in [0.15, 0.2) is 11.5 Å². The van der Waals surface area contributed by atoms with Gasteiger partial charge < -0.3 is 25.8 Å². The number of rotatable bonds is 8. The van der Waals surface area contributed by atoms with E-state index >= 15 is 0 Å². The van der Waals surface area contributed by atoms with Crippen LogP contribution in [-0.2, 0) is 0 Å². The smallest absolute Gasteiger partial charge is 0.211 e. The predicted molar refractivity (Wildman–Crippen MR) is 85.1 cm³/mol. The molecule has 0 spiro atoms. The van der Waals surface area contributed by atoms with E-state index in [1.54, 1.807) is 7.11 Å². The van der Waals surface area contributed by atoms with Crippen molar-refractivity contribution in [3.05, 3.63) is 23.8 Å². The van der Waals surface area contributed by atoms with E-state index in [1.165, 1.54) is 6.21 Å². The first-order chi connectivity index (χ1) is 10.0. The van der Waals surface area contributed by atoms with E-state index in [0.29, 0.717) is 18.1 Å². The van der Waals surface area contributed by atoms with Crippen LogP contribution >= 0.6 is 0 Å². The van der Waals surface area contributed by atoms with Gasteiger partial charge in [0.05, 0.1) is 19.9 Å². The zero-order chi connectivity index (χ0) is 15.7. The van der Waals surface area contributed by atoms with Crippen LogP contribution < -0.4 is 20.9 Å². The molecule has 0 amide bonds. The molecule has 0 aromatic heterocycles. The van der Waals surface area contributed by atoms with Crippen molar-refractivity contribution < 1.29 is 9.47 Å². The topological polar surface area (TPSA) is 98.5 Å². The Labute approximate surface area is 125 Å². The second kappa shape index (κ2) is 8.80. The Balaban J connectivity index is 2.82. The van der Waals surface area contributed by atoms with Crippen molar-refractivity contribution in [1.29, 1.82) is 0 Å². The molecule has 0 heterocycles. The SMILES string of the molecule is COc1cccc(C=NN=C(N)N)c1OCCCN(C)C. The molecular weight excluding hydrogens is 270 g/mol. The standard InChI is InChI=1S/C14H23N5O2/c1-19(2)8-5-9-21-13-11(10-17-18-14(15)16)6-4-7-12(13)20-3/h4,6-7,10H,5,8-9H2,1-3H3,(H4,15,16,18). The molecule has 0 unspecified atom stereocenters. The Morgan fingerprint density at radius 1 is 1.33 bits per heavy atom. The van der Waals surface area contributed by atoms with Crippen LogP contribution in [0, 0.1) is 0 Å². The van der Waals surface area contributed by atoms with Crippen LogP contribution in [0.3, 0.4) is 0 Å². The summed E-state index contributed by atoms with van der Waals surface area (Å²) in [4.78, 5) is 2.10. The first-order valence-electron chi connectivity index (χ1n) is 6.61. The summed E-state index contributed by atoms with van der Waals surface area (Å²) in [5.74, 6) is 1.18. The van der Waals surface area contributed by atoms with Gasteiger partial charge in [-0.3, -0.25) is 0 Å². The normalized spacial score (nSPS) is 10.9. The van der Waals surface area contributed by atoms with Gasteiger partial charge in [0.1, 0.15) is 0 Å². The van der Waals surface area contributed by atoms with Crippen molar-refractivity contribution in [2.24, 2.45) is 21.7 Å². The summed E-state index contributed by atoms with van der Waals surface area (Å²) in [5.41, 5.74) is 11.2. The first-order valence-corrected chi connectivity index (χ1v) is 6.61. The highest BCUT2D eigenvalue weighted by Gasteiger charge is 2.09. The molecule has 7 heteroatoms. The van der Waals surface area contributed by atoms with Gasteiger partial charge in [-0.2, -0.15) is 5.10 Å². The predicted octanol–water partition coefficient (Wildman–Crippen LogP) is 0.633. The van der Waals surface area contributed by atoms with Gasteiger partial charge >= 0.3 is 0 Å². The Hall–Kier alpha value is -2.28. The highest BCUT2D eigenvalue weighted by Crippen LogP contribution is 2.30. The minimum Gasteiger partial charge on any atom is -0.493 e. The molecule has 21 heavy (non-hydrogen) atoms. The van der Waals surface area contributed by atoms with Crippen LogP contribution in [0.4, 0.5) is 0 Å². The number of nitrogens with zero attached hydrogens (tertiary/aromatic N) is 3. The number of benzene rings is 1. The van der Waals surface area contributed by atoms with Crippen molar-refractivity contribution in [3.8, 4) is 11.5 Å². The summed E-state index contributed by atoms with van der Waals surface area (Å²) in [5, 5.41) is 7.38. The first kappa shape index (κ1) is 16.8. The summed E-state index contributed by atoms with van der Waals surface area (Å²) in [6.07, 6.45) is 2.44. The Kier molecular flexibility index (Phi) is 7.03. The summed E-state index contributed by atoms with van der Waals surface area (Å²) in [7, 11) is 5.64. The molecule has 0 aliphatic heterocycles. The number of hydrogen-bond donors (Lipinski definition) is 2. The molecule has 1 aromatic rings. The average molecular weight is 293 g/mol. The fourth-order valence-electron chi connectivity index (χ4n) is 1.66. The molecule has 0 atom stereocenters. The lowest BCUT2D eigenvalue weighted by molar-refractivity contribution is 0.268. The molecule has 0 radical (unpaired) electrons. The number of para-hydroxylation sites is 1. The van der Waals surface area contributed by atoms with Crippen molar-refractivity contribution in [3.63, 3.8) is 0 Å². The van der Waals surface area contributed by atoms with E-state index < -0.39 is 0 Å². The largest absolute Gasteiger partial charge is 0.493 e. The monoisotopic (exact) mass is 293 g/mol. The molecule has 1 aromatic carbocycles. The van der Waals surface area contributed by atoms with Crippen molar-refractivity contribution in [2.75, 3.05) is 34.4 Å². The third kappa shape index (κ3) is 6.13. The van der Waals surface area contributed by atoms with E-state index in [2.05, 4.69) is 15.1 Å². The second-order valence-corrected chi connectivity index (χ2v) is 4.65. The highest BCUT2D eigenvalue weighted by molar-refractivity contribution is 5.86. The van der Waals surface area contributed by atoms with Gasteiger partial charge in [-0.15, -0.1) is 5.10 Å². The van der Waals surface area contributed by atoms with Gasteiger partial charge in [0, 0.05) is 12.1 Å². The fourth-order valence-corrected chi connectivity index (χ4v) is 1.66. The average Bonchev–Trinajstić information content (AvgIpc) is 2.43. The lowest BCUT2D eigenvalue weighted by atomic mass is 10.2. The zero-order valence-corrected chi connectivity index (χ0v) is 12.7. The van der Waals surface area contributed by atoms with Crippen molar-refractivity contribution >= 4 is 12.2 Å². The van der Waals surface area contributed by atoms with E-state index in [9.17, 15) is 0 Å². The van der Waals surface area contributed by atoms with Crippen molar-refractivity contribution in [1.82, 2.24) is 4.90 Å². The number of methoxy groups -OCH3 is 1. The van der Waals surface area contributed by atoms with E-state index in [0.717, 1.165) is 18.5 Å². The number of nitrogens with two attached hydrogens (primary N) is 2. The van der Waals surface area contributed by atoms with Gasteiger partial charge in [-0.1, -0.05) is 6.07 Å². The minimum absolute atomic E-state index is 0.0948. The summed E-state index contributed by atoms with van der Waals surface area (Å²) >= 11 is 0. The van der Waals surface area contributed by atoms with Crippen LogP contribution in [0.25, 0.3) is 0 Å². The minimum atomic E-state index is -0.0948. The van der Waals surface area contributed by atoms with Crippen LogP contribution in [0.2, 0.25) is 0 Å². The molecule has 4 N–H and O–H groups in total. The van der Waals surface area contributed by atoms with Gasteiger partial charge in [0.25, 0.3) is 0 Å². The zero-order valence-electron chi connectivity index (χ0n) is 12.7. The van der Waals surface area contributed by atoms with Crippen LogP contribution in [0.5, 0.6) is 11.5 Å². The molecular formula is C14H23N5O2. The van der Waals surface area contributed by atoms with Gasteiger partial charge in [-0.05, 0) is 32.6 Å². The number of hydrogen-bond acceptors (Lipinski definition) is 5. The fraction of sp³-hybridized carbons (Fsp3) is 0.429. The lowest BCUT2D eigenvalue weighted by Gasteiger charge is -2.14. The molecule has 0 aliphatic rings. The maximum atomic E-state index is 5.81. The molecule has 7 nitrogen and oxygen atoms in total. The Morgan fingerprint density at radius 2 is 2.10 bits per heavy atom. The Bertz CT molecular complexity index is 496. The van der Waals surface area contributed by atoms with Crippen molar-refractivity contribution in [2.45, 2.75) is 6.42 Å². The van der Waals surface area contributed by atoms with E-state index in [1.807, 2.05) is 32.3 Å². The molecule has 116 valence electrons. The van der Waals surface area contributed by atoms with E-state index in [-0.39, 0.29) is 5.96 Å². The maximum absolute atomic E-state index is 5.81. The van der Waals surface area contributed by atoms with Gasteiger partial charge in [-0.25, -0.2) is 0 Å². The lowest BCUT2D eigenvalue weighted by Crippen LogP contribution is -2.21. The third-order valence-corrected chi connectivity index (χ3v) is 2.60. The third-order valence-electron chi connectivity index (χ3n) is 2.60. The van der Waals surface area contributed by atoms with Crippen LogP contribution in [0.1, 0.15) is 12.0 Å².